The number of carbonyl (C=O) groups is 2. The number of amides is 1. The maximum absolute atomic E-state index is 12.1. The van der Waals surface area contributed by atoms with Crippen LogP contribution in [0.1, 0.15) is 66.2 Å². The number of aliphatic carboxylic acids is 1. The number of hydrogen-bond acceptors (Lipinski definition) is 5. The Kier molecular flexibility index (Phi) is 8.09. The molecule has 0 aromatic rings. The third-order valence-corrected chi connectivity index (χ3v) is 4.37. The van der Waals surface area contributed by atoms with Crippen LogP contribution in [0.5, 0.6) is 0 Å². The number of carboxylic acids is 1. The van der Waals surface area contributed by atoms with Gasteiger partial charge in [0.1, 0.15) is 11.6 Å². The van der Waals surface area contributed by atoms with Crippen LogP contribution in [0, 0.1) is 11.3 Å². The van der Waals surface area contributed by atoms with Gasteiger partial charge < -0.3 is 21.1 Å². The van der Waals surface area contributed by atoms with Crippen LogP contribution in [-0.4, -0.2) is 40.6 Å². The third-order valence-electron chi connectivity index (χ3n) is 4.37. The van der Waals surface area contributed by atoms with Crippen LogP contribution < -0.4 is 16.0 Å². The summed E-state index contributed by atoms with van der Waals surface area (Å²) in [5.74, 6) is -1.20. The molecule has 0 aromatic carbocycles. The van der Waals surface area contributed by atoms with Crippen molar-refractivity contribution < 1.29 is 14.7 Å². The second-order valence-electron chi connectivity index (χ2n) is 8.29. The van der Waals surface area contributed by atoms with Crippen molar-refractivity contribution >= 4 is 11.9 Å². The number of nitrogens with one attached hydrogen (secondary N) is 3. The lowest BCUT2D eigenvalue weighted by molar-refractivity contribution is -0.137. The van der Waals surface area contributed by atoms with Crippen molar-refractivity contribution in [3.05, 3.63) is 11.8 Å². The summed E-state index contributed by atoms with van der Waals surface area (Å²) in [5.41, 5.74) is 0.0287. The van der Waals surface area contributed by atoms with Gasteiger partial charge in [0.2, 0.25) is 0 Å². The third kappa shape index (κ3) is 8.34. The predicted molar refractivity (Wildman–Crippen MR) is 100 cm³/mol. The Balaban J connectivity index is 2.45. The fourth-order valence-electron chi connectivity index (χ4n) is 3.67. The fourth-order valence-corrected chi connectivity index (χ4v) is 3.67. The summed E-state index contributed by atoms with van der Waals surface area (Å²) in [5, 5.41) is 27.4. The molecule has 1 fully saturated rings. The number of piperidine rings is 1. The van der Waals surface area contributed by atoms with Crippen LogP contribution in [0.3, 0.4) is 0 Å². The molecule has 26 heavy (non-hydrogen) atoms. The minimum Gasteiger partial charge on any atom is -0.481 e. The van der Waals surface area contributed by atoms with E-state index in [9.17, 15) is 14.9 Å². The molecule has 7 nitrogen and oxygen atoms in total. The summed E-state index contributed by atoms with van der Waals surface area (Å²) >= 11 is 0. The van der Waals surface area contributed by atoms with Crippen molar-refractivity contribution in [3.8, 4) is 6.07 Å². The van der Waals surface area contributed by atoms with Crippen LogP contribution in [-0.2, 0) is 9.59 Å². The van der Waals surface area contributed by atoms with Crippen molar-refractivity contribution in [3.63, 3.8) is 0 Å². The summed E-state index contributed by atoms with van der Waals surface area (Å²) in [4.78, 5) is 22.5. The molecule has 0 aromatic heterocycles. The molecule has 1 saturated heterocycles. The number of hydrogen-bond donors (Lipinski definition) is 4. The molecule has 1 heterocycles. The highest BCUT2D eigenvalue weighted by Gasteiger charge is 2.37. The lowest BCUT2D eigenvalue weighted by Gasteiger charge is -2.46. The molecule has 0 spiro atoms. The number of rotatable bonds is 9. The second-order valence-corrected chi connectivity index (χ2v) is 8.29. The standard InChI is InChI=1S/C19H32N4O3/c1-18(2)10-15(11-19(3,4)23-18)22-13-14(12-20)17(26)21-9-7-5-6-8-16(24)25/h13,15,22-23H,5-11H2,1-4H3,(H,21,26)(H,24,25)/b14-13-. The first kappa shape index (κ1) is 22.0. The van der Waals surface area contributed by atoms with Crippen molar-refractivity contribution in [2.45, 2.75) is 83.3 Å². The summed E-state index contributed by atoms with van der Waals surface area (Å²) in [6.45, 7) is 9.02. The van der Waals surface area contributed by atoms with Crippen LogP contribution in [0.25, 0.3) is 0 Å². The van der Waals surface area contributed by atoms with Gasteiger partial charge in [-0.2, -0.15) is 5.26 Å². The lowest BCUT2D eigenvalue weighted by Crippen LogP contribution is -2.61. The minimum absolute atomic E-state index is 0.0156. The zero-order valence-electron chi connectivity index (χ0n) is 16.3. The summed E-state index contributed by atoms with van der Waals surface area (Å²) in [7, 11) is 0. The Morgan fingerprint density at radius 3 is 2.35 bits per heavy atom. The molecule has 1 rings (SSSR count). The zero-order valence-corrected chi connectivity index (χ0v) is 16.3. The molecule has 0 aliphatic carbocycles. The maximum atomic E-state index is 12.1. The van der Waals surface area contributed by atoms with Crippen molar-refractivity contribution in [2.24, 2.45) is 0 Å². The largest absolute Gasteiger partial charge is 0.481 e. The maximum Gasteiger partial charge on any atom is 0.303 e. The first-order valence-corrected chi connectivity index (χ1v) is 9.20. The molecule has 0 atom stereocenters. The Morgan fingerprint density at radius 2 is 1.81 bits per heavy atom. The average molecular weight is 364 g/mol. The molecule has 0 unspecified atom stereocenters. The van der Waals surface area contributed by atoms with E-state index < -0.39 is 11.9 Å². The van der Waals surface area contributed by atoms with E-state index in [2.05, 4.69) is 43.6 Å². The molecule has 7 heteroatoms. The molecular weight excluding hydrogens is 332 g/mol. The van der Waals surface area contributed by atoms with Crippen molar-refractivity contribution in [2.75, 3.05) is 6.54 Å². The van der Waals surface area contributed by atoms with E-state index in [-0.39, 0.29) is 29.1 Å². The van der Waals surface area contributed by atoms with Gasteiger partial charge in [0, 0.05) is 36.3 Å². The van der Waals surface area contributed by atoms with Gasteiger partial charge in [-0.15, -0.1) is 0 Å². The first-order valence-electron chi connectivity index (χ1n) is 9.20. The van der Waals surface area contributed by atoms with Crippen LogP contribution in [0.15, 0.2) is 11.8 Å². The highest BCUT2D eigenvalue weighted by Crippen LogP contribution is 2.28. The van der Waals surface area contributed by atoms with E-state index in [4.69, 9.17) is 5.11 Å². The van der Waals surface area contributed by atoms with Gasteiger partial charge in [-0.05, 0) is 53.4 Å². The van der Waals surface area contributed by atoms with E-state index in [1.807, 2.05) is 6.07 Å². The average Bonchev–Trinajstić information content (AvgIpc) is 2.48. The summed E-state index contributed by atoms with van der Waals surface area (Å²) in [6, 6.07) is 2.13. The topological polar surface area (TPSA) is 114 Å². The van der Waals surface area contributed by atoms with Gasteiger partial charge in [0.05, 0.1) is 0 Å². The summed E-state index contributed by atoms with van der Waals surface area (Å²) < 4.78 is 0. The smallest absolute Gasteiger partial charge is 0.303 e. The molecule has 0 radical (unpaired) electrons. The molecule has 1 aliphatic rings. The lowest BCUT2D eigenvalue weighted by atomic mass is 9.80. The van der Waals surface area contributed by atoms with E-state index in [0.717, 1.165) is 19.3 Å². The molecule has 1 amide bonds. The second kappa shape index (κ2) is 9.58. The highest BCUT2D eigenvalue weighted by molar-refractivity contribution is 5.97. The van der Waals surface area contributed by atoms with Gasteiger partial charge in [0.15, 0.2) is 0 Å². The minimum atomic E-state index is -0.806. The highest BCUT2D eigenvalue weighted by atomic mass is 16.4. The molecule has 4 N–H and O–H groups in total. The van der Waals surface area contributed by atoms with E-state index in [1.54, 1.807) is 0 Å². The fraction of sp³-hybridized carbons (Fsp3) is 0.737. The molecule has 1 aliphatic heterocycles. The van der Waals surface area contributed by atoms with Gasteiger partial charge in [0.25, 0.3) is 5.91 Å². The Labute approximate surface area is 156 Å². The first-order chi connectivity index (χ1) is 12.0. The number of carboxylic acid groups (broad SMARTS) is 1. The molecule has 0 bridgehead atoms. The molecule has 146 valence electrons. The molecule has 0 saturated carbocycles. The van der Waals surface area contributed by atoms with E-state index in [0.29, 0.717) is 19.4 Å². The van der Waals surface area contributed by atoms with Gasteiger partial charge >= 0.3 is 5.97 Å². The van der Waals surface area contributed by atoms with Crippen LogP contribution in [0.4, 0.5) is 0 Å². The van der Waals surface area contributed by atoms with Crippen molar-refractivity contribution in [1.29, 1.82) is 5.26 Å². The van der Waals surface area contributed by atoms with Gasteiger partial charge in [-0.25, -0.2) is 0 Å². The normalized spacial score (nSPS) is 19.4. The summed E-state index contributed by atoms with van der Waals surface area (Å²) in [6.07, 6.45) is 5.48. The van der Waals surface area contributed by atoms with Gasteiger partial charge in [-0.3, -0.25) is 9.59 Å². The predicted octanol–water partition coefficient (Wildman–Crippen LogP) is 2.05. The quantitative estimate of drug-likeness (QED) is 0.283. The monoisotopic (exact) mass is 364 g/mol. The SMILES string of the molecule is CC1(C)CC(N/C=C(/C#N)C(=O)NCCCCCC(=O)O)CC(C)(C)N1. The van der Waals surface area contributed by atoms with Crippen LogP contribution in [0.2, 0.25) is 0 Å². The number of nitriles is 1. The van der Waals surface area contributed by atoms with Crippen molar-refractivity contribution in [1.82, 2.24) is 16.0 Å². The van der Waals surface area contributed by atoms with Gasteiger partial charge in [-0.1, -0.05) is 6.42 Å². The Morgan fingerprint density at radius 1 is 1.19 bits per heavy atom. The zero-order chi connectivity index (χ0) is 19.8. The Bertz CT molecular complexity index is 560. The number of nitrogens with zero attached hydrogens (tertiary/aromatic N) is 1. The Hall–Kier alpha value is -2.07. The van der Waals surface area contributed by atoms with Crippen LogP contribution >= 0.6 is 0 Å². The van der Waals surface area contributed by atoms with E-state index >= 15 is 0 Å². The van der Waals surface area contributed by atoms with E-state index in [1.165, 1.54) is 6.20 Å². The number of carbonyl (C=O) groups excluding carboxylic acids is 1. The molecular formula is C19H32N4O3. The number of unbranched alkanes of at least 4 members (excludes halogenated alkanes) is 2.